The molecule has 1 saturated heterocycles. The van der Waals surface area contributed by atoms with Crippen molar-refractivity contribution < 1.29 is 9.59 Å². The number of hydrogen-bond donors (Lipinski definition) is 1. The molecule has 1 aromatic carbocycles. The highest BCUT2D eigenvalue weighted by molar-refractivity contribution is 7.08. The first kappa shape index (κ1) is 16.4. The van der Waals surface area contributed by atoms with E-state index in [0.29, 0.717) is 37.5 Å². The van der Waals surface area contributed by atoms with Crippen LogP contribution < -0.4 is 5.32 Å². The van der Waals surface area contributed by atoms with Gasteiger partial charge >= 0.3 is 6.03 Å². The summed E-state index contributed by atoms with van der Waals surface area (Å²) < 4.78 is 3.87. The predicted octanol–water partition coefficient (Wildman–Crippen LogP) is 2.09. The molecular weight excluding hydrogens is 326 g/mol. The van der Waals surface area contributed by atoms with Crippen LogP contribution in [0, 0.1) is 0 Å². The lowest BCUT2D eigenvalue weighted by Gasteiger charge is -2.34. The highest BCUT2D eigenvalue weighted by atomic mass is 32.1. The van der Waals surface area contributed by atoms with Crippen LogP contribution in [0.4, 0.5) is 10.5 Å². The van der Waals surface area contributed by atoms with Gasteiger partial charge in [0.15, 0.2) is 0 Å². The van der Waals surface area contributed by atoms with Gasteiger partial charge < -0.3 is 15.1 Å². The summed E-state index contributed by atoms with van der Waals surface area (Å²) >= 11 is 1.14. The van der Waals surface area contributed by atoms with E-state index in [9.17, 15) is 9.59 Å². The van der Waals surface area contributed by atoms with Crippen LogP contribution in [-0.2, 0) is 6.42 Å². The normalized spacial score (nSPS) is 14.5. The Morgan fingerprint density at radius 2 is 1.79 bits per heavy atom. The Kier molecular flexibility index (Phi) is 5.05. The second-order valence-electron chi connectivity index (χ2n) is 5.48. The first-order chi connectivity index (χ1) is 11.7. The summed E-state index contributed by atoms with van der Waals surface area (Å²) in [6.07, 6.45) is 0.691. The Labute approximate surface area is 144 Å². The van der Waals surface area contributed by atoms with Crippen LogP contribution in [0.2, 0.25) is 0 Å². The number of piperazine rings is 1. The van der Waals surface area contributed by atoms with Crippen molar-refractivity contribution in [2.45, 2.75) is 13.3 Å². The second-order valence-corrected chi connectivity index (χ2v) is 6.23. The number of amides is 3. The van der Waals surface area contributed by atoms with Crippen LogP contribution in [-0.4, -0.2) is 57.5 Å². The minimum atomic E-state index is -0.137. The zero-order valence-electron chi connectivity index (χ0n) is 13.4. The minimum Gasteiger partial charge on any atom is -0.334 e. The van der Waals surface area contributed by atoms with Crippen molar-refractivity contribution in [3.8, 4) is 0 Å². The summed E-state index contributed by atoms with van der Waals surface area (Å²) in [5, 5.41) is 6.85. The molecule has 2 aromatic rings. The Bertz CT molecular complexity index is 710. The van der Waals surface area contributed by atoms with Gasteiger partial charge in [-0.15, -0.1) is 5.10 Å². The molecule has 1 aromatic heterocycles. The molecule has 24 heavy (non-hydrogen) atoms. The smallest absolute Gasteiger partial charge is 0.321 e. The van der Waals surface area contributed by atoms with Gasteiger partial charge in [0, 0.05) is 31.9 Å². The Balaban J connectivity index is 1.56. The number of rotatable bonds is 3. The van der Waals surface area contributed by atoms with Gasteiger partial charge in [-0.2, -0.15) is 0 Å². The average Bonchev–Trinajstić information content (AvgIpc) is 3.11. The quantitative estimate of drug-likeness (QED) is 0.924. The fourth-order valence-corrected chi connectivity index (χ4v) is 3.30. The van der Waals surface area contributed by atoms with Crippen LogP contribution in [0.1, 0.15) is 22.3 Å². The number of carbonyl (C=O) groups excluding carboxylic acids is 2. The van der Waals surface area contributed by atoms with Gasteiger partial charge in [0.2, 0.25) is 0 Å². The number of aromatic nitrogens is 2. The molecule has 0 spiro atoms. The van der Waals surface area contributed by atoms with Crippen LogP contribution in [0.5, 0.6) is 0 Å². The highest BCUT2D eigenvalue weighted by Crippen LogP contribution is 2.16. The summed E-state index contributed by atoms with van der Waals surface area (Å²) in [7, 11) is 0. The lowest BCUT2D eigenvalue weighted by Crippen LogP contribution is -2.51. The van der Waals surface area contributed by atoms with Gasteiger partial charge in [-0.05, 0) is 30.1 Å². The monoisotopic (exact) mass is 345 g/mol. The zero-order valence-corrected chi connectivity index (χ0v) is 14.3. The number of anilines is 1. The molecule has 1 aliphatic rings. The summed E-state index contributed by atoms with van der Waals surface area (Å²) in [6.45, 7) is 4.01. The molecule has 2 heterocycles. The summed E-state index contributed by atoms with van der Waals surface area (Å²) in [5.74, 6) is -0.0371. The third-order valence-corrected chi connectivity index (χ3v) is 4.72. The SMILES string of the molecule is CCc1nnsc1C(=O)N1CCN(C(=O)Nc2ccccc2)CC1. The molecule has 1 N–H and O–H groups in total. The first-order valence-corrected chi connectivity index (χ1v) is 8.68. The standard InChI is InChI=1S/C16H19N5O2S/c1-2-13-14(24-19-18-13)15(22)20-8-10-21(11-9-20)16(23)17-12-6-4-3-5-7-12/h3-7H,2,8-11H2,1H3,(H,17,23). The molecule has 1 aliphatic heterocycles. The number of nitrogens with one attached hydrogen (secondary N) is 1. The van der Waals surface area contributed by atoms with Gasteiger partial charge in [0.25, 0.3) is 5.91 Å². The summed E-state index contributed by atoms with van der Waals surface area (Å²) in [6, 6.07) is 9.21. The number of nitrogens with zero attached hydrogens (tertiary/aromatic N) is 4. The lowest BCUT2D eigenvalue weighted by atomic mass is 10.2. The number of benzene rings is 1. The topological polar surface area (TPSA) is 78.4 Å². The second kappa shape index (κ2) is 7.39. The Hall–Kier alpha value is -2.48. The molecule has 0 atom stereocenters. The van der Waals surface area contributed by atoms with Crippen molar-refractivity contribution in [1.29, 1.82) is 0 Å². The maximum absolute atomic E-state index is 12.5. The van der Waals surface area contributed by atoms with Gasteiger partial charge in [-0.25, -0.2) is 4.79 Å². The van der Waals surface area contributed by atoms with Gasteiger partial charge in [0.05, 0.1) is 5.69 Å². The van der Waals surface area contributed by atoms with Crippen molar-refractivity contribution in [1.82, 2.24) is 19.4 Å². The van der Waals surface area contributed by atoms with Crippen LogP contribution >= 0.6 is 11.5 Å². The molecule has 0 aliphatic carbocycles. The van der Waals surface area contributed by atoms with E-state index in [0.717, 1.165) is 22.9 Å². The highest BCUT2D eigenvalue weighted by Gasteiger charge is 2.27. The molecular formula is C16H19N5O2S. The van der Waals surface area contributed by atoms with E-state index < -0.39 is 0 Å². The van der Waals surface area contributed by atoms with Crippen LogP contribution in [0.3, 0.4) is 0 Å². The minimum absolute atomic E-state index is 0.0371. The van der Waals surface area contributed by atoms with Crippen LogP contribution in [0.15, 0.2) is 30.3 Å². The van der Waals surface area contributed by atoms with E-state index in [1.165, 1.54) is 0 Å². The lowest BCUT2D eigenvalue weighted by molar-refractivity contribution is 0.0675. The average molecular weight is 345 g/mol. The Morgan fingerprint density at radius 1 is 1.12 bits per heavy atom. The maximum Gasteiger partial charge on any atom is 0.321 e. The third kappa shape index (κ3) is 3.53. The largest absolute Gasteiger partial charge is 0.334 e. The Morgan fingerprint density at radius 3 is 2.46 bits per heavy atom. The molecule has 126 valence electrons. The summed E-state index contributed by atoms with van der Waals surface area (Å²) in [4.78, 5) is 28.9. The van der Waals surface area contributed by atoms with Gasteiger partial charge in [-0.1, -0.05) is 29.6 Å². The molecule has 0 bridgehead atoms. The molecule has 3 rings (SSSR count). The molecule has 7 nitrogen and oxygen atoms in total. The number of carbonyl (C=O) groups is 2. The van der Waals surface area contributed by atoms with E-state index in [1.54, 1.807) is 9.80 Å². The van der Waals surface area contributed by atoms with E-state index in [4.69, 9.17) is 0 Å². The maximum atomic E-state index is 12.5. The number of para-hydroxylation sites is 1. The van der Waals surface area contributed by atoms with Gasteiger partial charge in [0.1, 0.15) is 4.88 Å². The third-order valence-electron chi connectivity index (χ3n) is 3.96. The molecule has 0 saturated carbocycles. The van der Waals surface area contributed by atoms with Crippen LogP contribution in [0.25, 0.3) is 0 Å². The van der Waals surface area contributed by atoms with E-state index in [1.807, 2.05) is 37.3 Å². The molecule has 0 radical (unpaired) electrons. The molecule has 3 amide bonds. The predicted molar refractivity (Wildman–Crippen MR) is 92.2 cm³/mol. The fourth-order valence-electron chi connectivity index (χ4n) is 2.58. The van der Waals surface area contributed by atoms with Crippen molar-refractivity contribution >= 4 is 29.2 Å². The molecule has 0 unspecified atom stereocenters. The summed E-state index contributed by atoms with van der Waals surface area (Å²) in [5.41, 5.74) is 1.51. The number of urea groups is 1. The van der Waals surface area contributed by atoms with E-state index in [2.05, 4.69) is 14.9 Å². The van der Waals surface area contributed by atoms with Crippen molar-refractivity contribution in [3.63, 3.8) is 0 Å². The molecule has 1 fully saturated rings. The van der Waals surface area contributed by atoms with Crippen molar-refractivity contribution in [3.05, 3.63) is 40.9 Å². The van der Waals surface area contributed by atoms with E-state index in [-0.39, 0.29) is 11.9 Å². The van der Waals surface area contributed by atoms with E-state index >= 15 is 0 Å². The number of hydrogen-bond acceptors (Lipinski definition) is 5. The zero-order chi connectivity index (χ0) is 16.9. The van der Waals surface area contributed by atoms with Crippen molar-refractivity contribution in [2.24, 2.45) is 0 Å². The number of aryl methyl sites for hydroxylation is 1. The fraction of sp³-hybridized carbons (Fsp3) is 0.375. The molecule has 8 heteroatoms. The van der Waals surface area contributed by atoms with Gasteiger partial charge in [-0.3, -0.25) is 4.79 Å². The van der Waals surface area contributed by atoms with Crippen molar-refractivity contribution in [2.75, 3.05) is 31.5 Å². The first-order valence-electron chi connectivity index (χ1n) is 7.90.